The minimum absolute atomic E-state index is 0.0463. The first kappa shape index (κ1) is 8.11. The zero-order valence-corrected chi connectivity index (χ0v) is 7.42. The summed E-state index contributed by atoms with van der Waals surface area (Å²) < 4.78 is 1.09. The van der Waals surface area contributed by atoms with Gasteiger partial charge in [0.25, 0.3) is 0 Å². The van der Waals surface area contributed by atoms with E-state index in [2.05, 4.69) is 4.98 Å². The molecule has 0 radical (unpaired) electrons. The summed E-state index contributed by atoms with van der Waals surface area (Å²) in [6.45, 7) is 8.03. The van der Waals surface area contributed by atoms with Crippen molar-refractivity contribution in [3.8, 4) is 0 Å². The molecule has 11 heavy (non-hydrogen) atoms. The van der Waals surface area contributed by atoms with Crippen LogP contribution in [0.2, 0.25) is 0 Å². The van der Waals surface area contributed by atoms with E-state index in [-0.39, 0.29) is 5.41 Å². The molecule has 0 atom stereocenters. The summed E-state index contributed by atoms with van der Waals surface area (Å²) in [6, 6.07) is 0. The second kappa shape index (κ2) is 2.26. The van der Waals surface area contributed by atoms with Crippen LogP contribution >= 0.6 is 0 Å². The summed E-state index contributed by atoms with van der Waals surface area (Å²) >= 11 is 0. The Balaban J connectivity index is 3.21. The van der Waals surface area contributed by atoms with Gasteiger partial charge in [0.1, 0.15) is 6.33 Å². The van der Waals surface area contributed by atoms with Gasteiger partial charge in [-0.05, 0) is 6.92 Å². The van der Waals surface area contributed by atoms with Crippen molar-refractivity contribution in [1.82, 2.24) is 9.71 Å². The molecular formula is C8H14N2O. The van der Waals surface area contributed by atoms with E-state index < -0.39 is 0 Å². The standard InChI is InChI=1S/C8H14N2O/c1-6-7(8(2,3)4)10(11)5-9-6/h5,11H,1-4H3. The average molecular weight is 154 g/mol. The molecule has 1 aromatic rings. The molecule has 0 fully saturated rings. The summed E-state index contributed by atoms with van der Waals surface area (Å²) in [4.78, 5) is 4.00. The first-order chi connectivity index (χ1) is 4.93. The highest BCUT2D eigenvalue weighted by atomic mass is 16.5. The van der Waals surface area contributed by atoms with Crippen molar-refractivity contribution in [3.05, 3.63) is 17.7 Å². The molecule has 1 heterocycles. The third kappa shape index (κ3) is 1.37. The van der Waals surface area contributed by atoms with Crippen molar-refractivity contribution < 1.29 is 5.21 Å². The fraction of sp³-hybridized carbons (Fsp3) is 0.625. The molecule has 62 valence electrons. The molecule has 0 aliphatic rings. The lowest BCUT2D eigenvalue weighted by Gasteiger charge is -2.18. The van der Waals surface area contributed by atoms with Gasteiger partial charge in [-0.15, -0.1) is 0 Å². The van der Waals surface area contributed by atoms with Crippen LogP contribution in [-0.4, -0.2) is 14.9 Å². The smallest absolute Gasteiger partial charge is 0.132 e. The minimum Gasteiger partial charge on any atom is -0.427 e. The Labute approximate surface area is 66.6 Å². The Morgan fingerprint density at radius 1 is 1.45 bits per heavy atom. The van der Waals surface area contributed by atoms with Crippen LogP contribution in [-0.2, 0) is 5.41 Å². The molecular weight excluding hydrogens is 140 g/mol. The molecule has 0 bridgehead atoms. The normalized spacial score (nSPS) is 12.0. The van der Waals surface area contributed by atoms with Crippen molar-refractivity contribution in [2.75, 3.05) is 0 Å². The van der Waals surface area contributed by atoms with Gasteiger partial charge in [0.15, 0.2) is 0 Å². The van der Waals surface area contributed by atoms with Gasteiger partial charge in [0, 0.05) is 5.41 Å². The van der Waals surface area contributed by atoms with Crippen LogP contribution in [0, 0.1) is 6.92 Å². The summed E-state index contributed by atoms with van der Waals surface area (Å²) in [5.74, 6) is 0. The predicted molar refractivity (Wildman–Crippen MR) is 42.8 cm³/mol. The van der Waals surface area contributed by atoms with Gasteiger partial charge in [-0.25, -0.2) is 4.98 Å². The van der Waals surface area contributed by atoms with Gasteiger partial charge in [-0.2, -0.15) is 4.73 Å². The molecule has 0 amide bonds. The van der Waals surface area contributed by atoms with Crippen LogP contribution in [0.4, 0.5) is 0 Å². The molecule has 0 aromatic carbocycles. The third-order valence-electron chi connectivity index (χ3n) is 1.64. The maximum absolute atomic E-state index is 9.32. The molecule has 1 aromatic heterocycles. The first-order valence-corrected chi connectivity index (χ1v) is 3.66. The van der Waals surface area contributed by atoms with E-state index in [0.29, 0.717) is 0 Å². The Morgan fingerprint density at radius 3 is 2.18 bits per heavy atom. The molecule has 0 saturated heterocycles. The fourth-order valence-electron chi connectivity index (χ4n) is 1.31. The lowest BCUT2D eigenvalue weighted by molar-refractivity contribution is 0.166. The molecule has 0 saturated carbocycles. The van der Waals surface area contributed by atoms with Crippen LogP contribution in [0.5, 0.6) is 0 Å². The fourth-order valence-corrected chi connectivity index (χ4v) is 1.31. The highest BCUT2D eigenvalue weighted by molar-refractivity contribution is 5.18. The van der Waals surface area contributed by atoms with E-state index in [1.165, 1.54) is 6.33 Å². The van der Waals surface area contributed by atoms with E-state index in [4.69, 9.17) is 0 Å². The van der Waals surface area contributed by atoms with E-state index in [1.54, 1.807) is 0 Å². The highest BCUT2D eigenvalue weighted by Crippen LogP contribution is 2.23. The van der Waals surface area contributed by atoms with Gasteiger partial charge in [-0.1, -0.05) is 20.8 Å². The van der Waals surface area contributed by atoms with Crippen LogP contribution in [0.1, 0.15) is 32.2 Å². The summed E-state index contributed by atoms with van der Waals surface area (Å²) in [6.07, 6.45) is 1.43. The van der Waals surface area contributed by atoms with E-state index in [0.717, 1.165) is 16.1 Å². The number of aromatic nitrogens is 2. The Hall–Kier alpha value is -0.990. The molecule has 0 unspecified atom stereocenters. The Kier molecular flexibility index (Phi) is 1.66. The highest BCUT2D eigenvalue weighted by Gasteiger charge is 2.21. The van der Waals surface area contributed by atoms with Gasteiger partial charge in [0.05, 0.1) is 11.4 Å². The van der Waals surface area contributed by atoms with Crippen LogP contribution < -0.4 is 0 Å². The molecule has 3 nitrogen and oxygen atoms in total. The Morgan fingerprint density at radius 2 is 2.00 bits per heavy atom. The zero-order valence-electron chi connectivity index (χ0n) is 7.42. The SMILES string of the molecule is Cc1ncn(O)c1C(C)(C)C. The van der Waals surface area contributed by atoms with Crippen LogP contribution in [0.3, 0.4) is 0 Å². The average Bonchev–Trinajstić information content (AvgIpc) is 2.08. The summed E-state index contributed by atoms with van der Waals surface area (Å²) in [5.41, 5.74) is 1.72. The monoisotopic (exact) mass is 154 g/mol. The van der Waals surface area contributed by atoms with Gasteiger partial charge < -0.3 is 5.21 Å². The van der Waals surface area contributed by atoms with E-state index in [9.17, 15) is 5.21 Å². The topological polar surface area (TPSA) is 38.0 Å². The van der Waals surface area contributed by atoms with Gasteiger partial charge in [0.2, 0.25) is 0 Å². The molecule has 1 N–H and O–H groups in total. The molecule has 3 heteroatoms. The predicted octanol–water partition coefficient (Wildman–Crippen LogP) is 1.73. The van der Waals surface area contributed by atoms with Crippen molar-refractivity contribution in [3.63, 3.8) is 0 Å². The van der Waals surface area contributed by atoms with E-state index in [1.807, 2.05) is 27.7 Å². The zero-order chi connectivity index (χ0) is 8.65. The number of hydrogen-bond acceptors (Lipinski definition) is 2. The quantitative estimate of drug-likeness (QED) is 0.578. The third-order valence-corrected chi connectivity index (χ3v) is 1.64. The number of aryl methyl sites for hydroxylation is 1. The summed E-state index contributed by atoms with van der Waals surface area (Å²) in [7, 11) is 0. The number of imidazole rings is 1. The Bertz CT molecular complexity index is 238. The minimum atomic E-state index is -0.0463. The van der Waals surface area contributed by atoms with Crippen LogP contribution in [0.15, 0.2) is 6.33 Å². The first-order valence-electron chi connectivity index (χ1n) is 3.66. The number of rotatable bonds is 0. The van der Waals surface area contributed by atoms with Crippen molar-refractivity contribution in [2.24, 2.45) is 0 Å². The number of nitrogens with zero attached hydrogens (tertiary/aromatic N) is 2. The molecule has 0 aliphatic heterocycles. The van der Waals surface area contributed by atoms with Crippen molar-refractivity contribution in [2.45, 2.75) is 33.1 Å². The second-order valence-electron chi connectivity index (χ2n) is 3.77. The molecule has 0 aliphatic carbocycles. The second-order valence-corrected chi connectivity index (χ2v) is 3.77. The lowest BCUT2D eigenvalue weighted by atomic mass is 9.91. The largest absolute Gasteiger partial charge is 0.427 e. The molecule has 1 rings (SSSR count). The van der Waals surface area contributed by atoms with Crippen LogP contribution in [0.25, 0.3) is 0 Å². The van der Waals surface area contributed by atoms with E-state index >= 15 is 0 Å². The van der Waals surface area contributed by atoms with Gasteiger partial charge in [-0.3, -0.25) is 0 Å². The summed E-state index contributed by atoms with van der Waals surface area (Å²) in [5, 5.41) is 9.32. The molecule has 0 spiro atoms. The van der Waals surface area contributed by atoms with Gasteiger partial charge >= 0.3 is 0 Å². The lowest BCUT2D eigenvalue weighted by Crippen LogP contribution is -2.17. The van der Waals surface area contributed by atoms with Crippen molar-refractivity contribution >= 4 is 0 Å². The maximum Gasteiger partial charge on any atom is 0.132 e. The number of hydrogen-bond donors (Lipinski definition) is 1. The van der Waals surface area contributed by atoms with Crippen molar-refractivity contribution in [1.29, 1.82) is 0 Å². The maximum atomic E-state index is 9.32.